The van der Waals surface area contributed by atoms with E-state index in [1.54, 1.807) is 0 Å². The Hall–Kier alpha value is -2.62. The van der Waals surface area contributed by atoms with Gasteiger partial charge in [-0.2, -0.15) is 0 Å². The molecule has 0 aliphatic heterocycles. The number of H-pyrrole nitrogens is 1. The van der Waals surface area contributed by atoms with E-state index in [0.29, 0.717) is 0 Å². The second kappa shape index (κ2) is 4.33. The number of rotatable bonds is 3. The number of nitrogens with one attached hydrogen (secondary N) is 1. The second-order valence-electron chi connectivity index (χ2n) is 3.17. The first-order valence-electron chi connectivity index (χ1n) is 4.47. The van der Waals surface area contributed by atoms with Crippen molar-refractivity contribution in [2.24, 2.45) is 0 Å². The van der Waals surface area contributed by atoms with Crippen molar-refractivity contribution in [2.45, 2.75) is 0 Å². The smallest absolute Gasteiger partial charge is 0.284 e. The summed E-state index contributed by atoms with van der Waals surface area (Å²) in [6.07, 6.45) is 0. The first-order chi connectivity index (χ1) is 8.47. The summed E-state index contributed by atoms with van der Waals surface area (Å²) in [5.74, 6) is -0.0493. The number of hydrogen-bond acceptors (Lipinski definition) is 7. The molecule has 0 saturated carbocycles. The molecule has 1 N–H and O–H groups in total. The van der Waals surface area contributed by atoms with Gasteiger partial charge in [0.2, 0.25) is 5.89 Å². The molecule has 2 aromatic rings. The fourth-order valence-electron chi connectivity index (χ4n) is 1.28. The van der Waals surface area contributed by atoms with Crippen molar-refractivity contribution < 1.29 is 14.3 Å². The molecule has 18 heavy (non-hydrogen) atoms. The van der Waals surface area contributed by atoms with Gasteiger partial charge in [0.25, 0.3) is 16.2 Å². The van der Waals surface area contributed by atoms with Gasteiger partial charge in [0.05, 0.1) is 21.5 Å². The molecule has 0 radical (unpaired) electrons. The molecule has 0 fully saturated rings. The van der Waals surface area contributed by atoms with Crippen LogP contribution < -0.4 is 0 Å². The Morgan fingerprint density at radius 2 is 1.72 bits per heavy atom. The third-order valence-electron chi connectivity index (χ3n) is 2.01. The van der Waals surface area contributed by atoms with Gasteiger partial charge in [-0.05, 0) is 12.2 Å². The summed E-state index contributed by atoms with van der Waals surface area (Å²) in [5.41, 5.74) is -0.755. The summed E-state index contributed by atoms with van der Waals surface area (Å²) in [6, 6.07) is 3.08. The molecular weight excluding hydrogens is 264 g/mol. The van der Waals surface area contributed by atoms with E-state index in [1.807, 2.05) is 0 Å². The van der Waals surface area contributed by atoms with E-state index in [2.05, 4.69) is 22.4 Å². The van der Waals surface area contributed by atoms with Crippen LogP contribution in [0.2, 0.25) is 0 Å². The average molecular weight is 268 g/mol. The van der Waals surface area contributed by atoms with E-state index in [1.165, 1.54) is 0 Å². The first kappa shape index (κ1) is 11.9. The van der Waals surface area contributed by atoms with Gasteiger partial charge in [0.1, 0.15) is 0 Å². The molecule has 0 bridgehead atoms. The summed E-state index contributed by atoms with van der Waals surface area (Å²) < 4.78 is 4.94. The maximum atomic E-state index is 10.7. The number of nitro groups is 2. The van der Waals surface area contributed by atoms with Crippen molar-refractivity contribution >= 4 is 23.6 Å². The van der Waals surface area contributed by atoms with Crippen molar-refractivity contribution in [1.29, 1.82) is 0 Å². The highest BCUT2D eigenvalue weighted by Gasteiger charge is 2.19. The van der Waals surface area contributed by atoms with Gasteiger partial charge in [-0.25, -0.2) is 5.10 Å². The van der Waals surface area contributed by atoms with Gasteiger partial charge >= 0.3 is 0 Å². The number of nitro benzene ring substituents is 2. The molecule has 0 amide bonds. The molecule has 0 unspecified atom stereocenters. The minimum absolute atomic E-state index is 0.0286. The van der Waals surface area contributed by atoms with E-state index in [4.69, 9.17) is 4.42 Å². The predicted octanol–water partition coefficient (Wildman–Crippen LogP) is 2.22. The molecule has 0 aliphatic rings. The first-order valence-corrected chi connectivity index (χ1v) is 4.88. The lowest BCUT2D eigenvalue weighted by Crippen LogP contribution is -1.94. The van der Waals surface area contributed by atoms with Gasteiger partial charge in [0.15, 0.2) is 0 Å². The van der Waals surface area contributed by atoms with Crippen molar-refractivity contribution in [1.82, 2.24) is 10.2 Å². The van der Waals surface area contributed by atoms with Crippen LogP contribution in [-0.2, 0) is 0 Å². The van der Waals surface area contributed by atoms with E-state index >= 15 is 0 Å². The molecule has 10 heteroatoms. The van der Waals surface area contributed by atoms with E-state index in [9.17, 15) is 20.2 Å². The number of benzene rings is 1. The van der Waals surface area contributed by atoms with Gasteiger partial charge in [0, 0.05) is 12.1 Å². The number of non-ortho nitro benzene ring substituents is 2. The van der Waals surface area contributed by atoms with E-state index < -0.39 is 21.2 Å². The average Bonchev–Trinajstić information content (AvgIpc) is 2.75. The fourth-order valence-corrected chi connectivity index (χ4v) is 1.41. The van der Waals surface area contributed by atoms with Crippen molar-refractivity contribution in [2.75, 3.05) is 0 Å². The number of aromatic amines is 1. The lowest BCUT2D eigenvalue weighted by atomic mass is 10.2. The predicted molar refractivity (Wildman–Crippen MR) is 60.4 cm³/mol. The second-order valence-corrected chi connectivity index (χ2v) is 3.54. The standard InChI is InChI=1S/C8H4N4O5S/c13-11(14)5-1-4(2-6(3-5)12(15)16)7-9-10-8(18)17-7/h1-3H,(H,10,18). The third kappa shape index (κ3) is 2.22. The maximum Gasteiger partial charge on any atom is 0.284 e. The normalized spacial score (nSPS) is 10.2. The van der Waals surface area contributed by atoms with Crippen LogP contribution in [0, 0.1) is 25.1 Å². The Morgan fingerprint density at radius 1 is 1.17 bits per heavy atom. The van der Waals surface area contributed by atoms with Crippen LogP contribution in [0.4, 0.5) is 11.4 Å². The monoisotopic (exact) mass is 268 g/mol. The third-order valence-corrected chi connectivity index (χ3v) is 2.18. The minimum atomic E-state index is -0.738. The summed E-state index contributed by atoms with van der Waals surface area (Å²) in [7, 11) is 0. The lowest BCUT2D eigenvalue weighted by molar-refractivity contribution is -0.394. The topological polar surface area (TPSA) is 128 Å². The van der Waals surface area contributed by atoms with Crippen LogP contribution in [0.1, 0.15) is 0 Å². The van der Waals surface area contributed by atoms with Crippen LogP contribution in [0.15, 0.2) is 22.6 Å². The van der Waals surface area contributed by atoms with Crippen LogP contribution in [0.25, 0.3) is 11.5 Å². The Kier molecular flexibility index (Phi) is 2.85. The fraction of sp³-hybridized carbons (Fsp3) is 0. The SMILES string of the molecule is O=[N+]([O-])c1cc(-c2n[nH]c(=S)o2)cc([N+](=O)[O-])c1. The highest BCUT2D eigenvalue weighted by atomic mass is 32.1. The summed E-state index contributed by atoms with van der Waals surface area (Å²) in [4.78, 5) is 19.8. The van der Waals surface area contributed by atoms with Crippen LogP contribution >= 0.6 is 12.2 Å². The summed E-state index contributed by atoms with van der Waals surface area (Å²) in [6.45, 7) is 0. The minimum Gasteiger partial charge on any atom is -0.409 e. The number of hydrogen-bond donors (Lipinski definition) is 1. The van der Waals surface area contributed by atoms with Crippen LogP contribution in [-0.4, -0.2) is 20.0 Å². The van der Waals surface area contributed by atoms with Crippen LogP contribution in [0.5, 0.6) is 0 Å². The largest absolute Gasteiger partial charge is 0.409 e. The zero-order valence-corrected chi connectivity index (χ0v) is 9.34. The molecule has 9 nitrogen and oxygen atoms in total. The lowest BCUT2D eigenvalue weighted by Gasteiger charge is -1.96. The van der Waals surface area contributed by atoms with Crippen molar-refractivity contribution in [3.05, 3.63) is 43.3 Å². The zero-order valence-electron chi connectivity index (χ0n) is 8.52. The summed E-state index contributed by atoms with van der Waals surface area (Å²) >= 11 is 4.65. The molecule has 0 spiro atoms. The molecule has 1 heterocycles. The molecule has 0 atom stereocenters. The molecule has 92 valence electrons. The molecule has 1 aromatic carbocycles. The van der Waals surface area contributed by atoms with Crippen molar-refractivity contribution in [3.63, 3.8) is 0 Å². The summed E-state index contributed by atoms with van der Waals surface area (Å²) in [5, 5.41) is 27.3. The molecular formula is C8H4N4O5S. The van der Waals surface area contributed by atoms with E-state index in [0.717, 1.165) is 18.2 Å². The zero-order chi connectivity index (χ0) is 13.3. The molecule has 1 aromatic heterocycles. The molecule has 0 saturated heterocycles. The van der Waals surface area contributed by atoms with E-state index in [-0.39, 0.29) is 16.3 Å². The highest BCUT2D eigenvalue weighted by Crippen LogP contribution is 2.28. The Morgan fingerprint density at radius 3 is 2.11 bits per heavy atom. The van der Waals surface area contributed by atoms with Gasteiger partial charge < -0.3 is 4.42 Å². The molecule has 2 rings (SSSR count). The van der Waals surface area contributed by atoms with Crippen LogP contribution in [0.3, 0.4) is 0 Å². The Bertz CT molecular complexity index is 659. The van der Waals surface area contributed by atoms with Gasteiger partial charge in [-0.1, -0.05) is 0 Å². The highest BCUT2D eigenvalue weighted by molar-refractivity contribution is 7.71. The number of nitrogens with zero attached hydrogens (tertiary/aromatic N) is 3. The Balaban J connectivity index is 2.63. The Labute approximate surface area is 103 Å². The molecule has 0 aliphatic carbocycles. The maximum absolute atomic E-state index is 10.7. The van der Waals surface area contributed by atoms with Gasteiger partial charge in [-0.15, -0.1) is 5.10 Å². The quantitative estimate of drug-likeness (QED) is 0.513. The van der Waals surface area contributed by atoms with Gasteiger partial charge in [-0.3, -0.25) is 20.2 Å². The number of aromatic nitrogens is 2. The van der Waals surface area contributed by atoms with Crippen molar-refractivity contribution in [3.8, 4) is 11.5 Å².